The smallest absolute Gasteiger partial charge is 0.412 e. The predicted molar refractivity (Wildman–Crippen MR) is 153 cm³/mol. The summed E-state index contributed by atoms with van der Waals surface area (Å²) < 4.78 is 18.7. The summed E-state index contributed by atoms with van der Waals surface area (Å²) in [5.41, 5.74) is 3.67. The summed E-state index contributed by atoms with van der Waals surface area (Å²) >= 11 is 0. The van der Waals surface area contributed by atoms with E-state index in [-0.39, 0.29) is 6.04 Å². The van der Waals surface area contributed by atoms with Gasteiger partial charge in [-0.15, -0.1) is 0 Å². The quantitative estimate of drug-likeness (QED) is 0.341. The first-order valence-electron chi connectivity index (χ1n) is 14.1. The molecule has 2 heterocycles. The number of ether oxygens (including phenoxy) is 3. The monoisotopic (exact) mass is 537 g/mol. The summed E-state index contributed by atoms with van der Waals surface area (Å²) in [7, 11) is 5.53. The van der Waals surface area contributed by atoms with E-state index >= 15 is 0 Å². The van der Waals surface area contributed by atoms with Gasteiger partial charge in [-0.3, -0.25) is 9.38 Å². The molecule has 1 saturated carbocycles. The van der Waals surface area contributed by atoms with E-state index in [0.717, 1.165) is 80.0 Å². The minimum absolute atomic E-state index is 0.0411. The Bertz CT molecular complexity index is 1250. The van der Waals surface area contributed by atoms with Crippen LogP contribution in [0, 0.1) is 6.92 Å². The van der Waals surface area contributed by atoms with Crippen LogP contribution in [0.15, 0.2) is 30.6 Å². The standard InChI is InChI=1S/C30H43N5O4/c1-7-8-20(2)32-30(36)39-25-14-11-23(19-26(25)38-6)27-28-21(3)31-15-16-35(28)29(33-27)22-9-12-24(13-10-22)34(4)17-18-37-5/h11,14-16,19-20,22,24H,7-10,12-13,17-18H2,1-6H3,(H,32,36)/t20-,22?,24?/m0/s1. The molecule has 4 rings (SSSR count). The van der Waals surface area contributed by atoms with Crippen molar-refractivity contribution in [3.63, 3.8) is 0 Å². The number of amides is 1. The highest BCUT2D eigenvalue weighted by molar-refractivity contribution is 5.81. The lowest BCUT2D eigenvalue weighted by Gasteiger charge is -2.34. The Morgan fingerprint density at radius 1 is 1.21 bits per heavy atom. The first-order chi connectivity index (χ1) is 18.9. The number of imidazole rings is 1. The Labute approximate surface area is 231 Å². The maximum Gasteiger partial charge on any atom is 0.412 e. The van der Waals surface area contributed by atoms with Crippen molar-refractivity contribution in [2.45, 2.75) is 77.3 Å². The van der Waals surface area contributed by atoms with Crippen molar-refractivity contribution in [1.82, 2.24) is 24.6 Å². The van der Waals surface area contributed by atoms with E-state index in [4.69, 9.17) is 19.2 Å². The molecule has 1 fully saturated rings. The van der Waals surface area contributed by atoms with Gasteiger partial charge in [0, 0.05) is 49.6 Å². The summed E-state index contributed by atoms with van der Waals surface area (Å²) in [6, 6.07) is 6.21. The average molecular weight is 538 g/mol. The van der Waals surface area contributed by atoms with E-state index in [1.807, 2.05) is 38.4 Å². The second-order valence-corrected chi connectivity index (χ2v) is 10.6. The minimum Gasteiger partial charge on any atom is -0.493 e. The van der Waals surface area contributed by atoms with Crippen molar-refractivity contribution in [1.29, 1.82) is 0 Å². The molecule has 0 unspecified atom stereocenters. The molecule has 1 aromatic carbocycles. The maximum absolute atomic E-state index is 12.4. The number of rotatable bonds is 11. The van der Waals surface area contributed by atoms with E-state index in [1.165, 1.54) is 0 Å². The van der Waals surface area contributed by atoms with Crippen LogP contribution in [-0.4, -0.2) is 71.9 Å². The van der Waals surface area contributed by atoms with Gasteiger partial charge >= 0.3 is 6.09 Å². The Kier molecular flexibility index (Phi) is 9.80. The highest BCUT2D eigenvalue weighted by atomic mass is 16.6. The van der Waals surface area contributed by atoms with E-state index in [0.29, 0.717) is 23.5 Å². The second-order valence-electron chi connectivity index (χ2n) is 10.6. The van der Waals surface area contributed by atoms with Crippen molar-refractivity contribution in [3.8, 4) is 22.8 Å². The summed E-state index contributed by atoms with van der Waals surface area (Å²) in [5.74, 6) is 2.30. The molecule has 39 heavy (non-hydrogen) atoms. The number of methoxy groups -OCH3 is 2. The van der Waals surface area contributed by atoms with Gasteiger partial charge in [0.2, 0.25) is 0 Å². The van der Waals surface area contributed by atoms with Crippen molar-refractivity contribution in [2.75, 3.05) is 34.4 Å². The molecule has 9 nitrogen and oxygen atoms in total. The Morgan fingerprint density at radius 3 is 2.67 bits per heavy atom. The summed E-state index contributed by atoms with van der Waals surface area (Å²) in [5, 5.41) is 2.87. The van der Waals surface area contributed by atoms with Crippen LogP contribution in [0.4, 0.5) is 4.79 Å². The molecular weight excluding hydrogens is 494 g/mol. The van der Waals surface area contributed by atoms with Gasteiger partial charge < -0.3 is 24.4 Å². The molecule has 1 N–H and O–H groups in total. The average Bonchev–Trinajstić information content (AvgIpc) is 3.33. The van der Waals surface area contributed by atoms with Gasteiger partial charge in [0.05, 0.1) is 30.6 Å². The molecule has 0 saturated heterocycles. The van der Waals surface area contributed by atoms with Gasteiger partial charge in [-0.2, -0.15) is 0 Å². The van der Waals surface area contributed by atoms with Crippen LogP contribution in [0.3, 0.4) is 0 Å². The Hall–Kier alpha value is -3.17. The number of aryl methyl sites for hydroxylation is 1. The lowest BCUT2D eigenvalue weighted by molar-refractivity contribution is 0.119. The van der Waals surface area contributed by atoms with Crippen LogP contribution in [0.1, 0.15) is 69.8 Å². The molecule has 0 spiro atoms. The topological polar surface area (TPSA) is 90.2 Å². The molecule has 0 radical (unpaired) electrons. The van der Waals surface area contributed by atoms with Crippen LogP contribution in [0.25, 0.3) is 16.8 Å². The number of fused-ring (bicyclic) bond motifs is 1. The molecule has 9 heteroatoms. The highest BCUT2D eigenvalue weighted by Crippen LogP contribution is 2.39. The molecule has 0 bridgehead atoms. The molecule has 1 amide bonds. The lowest BCUT2D eigenvalue weighted by Crippen LogP contribution is -2.37. The van der Waals surface area contributed by atoms with E-state index in [1.54, 1.807) is 20.3 Å². The molecular formula is C30H43N5O4. The van der Waals surface area contributed by atoms with Crippen LogP contribution < -0.4 is 14.8 Å². The zero-order valence-electron chi connectivity index (χ0n) is 24.2. The van der Waals surface area contributed by atoms with Crippen LogP contribution in [0.2, 0.25) is 0 Å². The predicted octanol–water partition coefficient (Wildman–Crippen LogP) is 5.59. The largest absolute Gasteiger partial charge is 0.493 e. The van der Waals surface area contributed by atoms with Crippen LogP contribution in [0.5, 0.6) is 11.5 Å². The third-order valence-electron chi connectivity index (χ3n) is 7.82. The molecule has 1 atom stereocenters. The van der Waals surface area contributed by atoms with Gasteiger partial charge in [0.1, 0.15) is 5.82 Å². The SMILES string of the molecule is CCC[C@H](C)NC(=O)Oc1ccc(-c2nc(C3CCC(N(C)CCOC)CC3)n3ccnc(C)c23)cc1OC. The number of hydrogen-bond acceptors (Lipinski definition) is 7. The van der Waals surface area contributed by atoms with Crippen molar-refractivity contribution in [2.24, 2.45) is 0 Å². The zero-order chi connectivity index (χ0) is 27.9. The number of aromatic nitrogens is 3. The third-order valence-corrected chi connectivity index (χ3v) is 7.82. The van der Waals surface area contributed by atoms with Crippen molar-refractivity contribution < 1.29 is 19.0 Å². The van der Waals surface area contributed by atoms with E-state index < -0.39 is 6.09 Å². The summed E-state index contributed by atoms with van der Waals surface area (Å²) in [6.07, 6.45) is 9.70. The molecule has 0 aliphatic heterocycles. The molecule has 1 aliphatic carbocycles. The van der Waals surface area contributed by atoms with Crippen LogP contribution >= 0.6 is 0 Å². The number of benzene rings is 1. The lowest BCUT2D eigenvalue weighted by atomic mass is 9.85. The number of nitrogens with zero attached hydrogens (tertiary/aromatic N) is 4. The molecule has 2 aromatic heterocycles. The fraction of sp³-hybridized carbons (Fsp3) is 0.567. The first-order valence-corrected chi connectivity index (χ1v) is 14.1. The second kappa shape index (κ2) is 13.3. The van der Waals surface area contributed by atoms with Gasteiger partial charge in [-0.1, -0.05) is 13.3 Å². The fourth-order valence-electron chi connectivity index (χ4n) is 5.64. The van der Waals surface area contributed by atoms with Crippen molar-refractivity contribution >= 4 is 11.6 Å². The van der Waals surface area contributed by atoms with Gasteiger partial charge in [-0.05, 0) is 71.2 Å². The Balaban J connectivity index is 1.59. The number of hydrogen-bond donors (Lipinski definition) is 1. The Morgan fingerprint density at radius 2 is 1.97 bits per heavy atom. The van der Waals surface area contributed by atoms with Gasteiger partial charge in [0.15, 0.2) is 11.5 Å². The fourth-order valence-corrected chi connectivity index (χ4v) is 5.64. The summed E-state index contributed by atoms with van der Waals surface area (Å²) in [4.78, 5) is 24.6. The third kappa shape index (κ3) is 6.70. The van der Waals surface area contributed by atoms with E-state index in [9.17, 15) is 4.79 Å². The molecule has 1 aliphatic rings. The van der Waals surface area contributed by atoms with Gasteiger partial charge in [0.25, 0.3) is 0 Å². The van der Waals surface area contributed by atoms with Crippen molar-refractivity contribution in [3.05, 3.63) is 42.1 Å². The number of nitrogens with one attached hydrogen (secondary N) is 1. The zero-order valence-corrected chi connectivity index (χ0v) is 24.2. The summed E-state index contributed by atoms with van der Waals surface area (Å²) in [6.45, 7) is 7.78. The van der Waals surface area contributed by atoms with E-state index in [2.05, 4.69) is 33.6 Å². The van der Waals surface area contributed by atoms with Crippen LogP contribution in [-0.2, 0) is 4.74 Å². The number of likely N-dealkylation sites (N-methyl/N-ethyl adjacent to an activating group) is 1. The maximum atomic E-state index is 12.4. The number of carbonyl (C=O) groups is 1. The normalized spacial score (nSPS) is 18.3. The molecule has 212 valence electrons. The number of carbonyl (C=O) groups excluding carboxylic acids is 1. The first kappa shape index (κ1) is 28.8. The minimum atomic E-state index is -0.486. The van der Waals surface area contributed by atoms with Gasteiger partial charge in [-0.25, -0.2) is 9.78 Å². The molecule has 3 aromatic rings. The highest BCUT2D eigenvalue weighted by Gasteiger charge is 2.29.